The van der Waals surface area contributed by atoms with Gasteiger partial charge in [-0.2, -0.15) is 0 Å². The van der Waals surface area contributed by atoms with Crippen molar-refractivity contribution in [1.29, 1.82) is 0 Å². The minimum Gasteiger partial charge on any atom is -0.323 e. The van der Waals surface area contributed by atoms with Gasteiger partial charge in [0, 0.05) is 5.69 Å². The van der Waals surface area contributed by atoms with Gasteiger partial charge in [0.2, 0.25) is 5.91 Å². The number of carbonyl (C=O) groups excluding carboxylic acids is 1. The molecule has 0 aliphatic heterocycles. The number of rotatable bonds is 2. The van der Waals surface area contributed by atoms with Crippen LogP contribution in [0.25, 0.3) is 0 Å². The molecule has 0 unspecified atom stereocenters. The van der Waals surface area contributed by atoms with Gasteiger partial charge in [-0.05, 0) is 43.0 Å². The fourth-order valence-electron chi connectivity index (χ4n) is 2.60. The van der Waals surface area contributed by atoms with Crippen LogP contribution in [0.15, 0.2) is 42.6 Å². The lowest BCUT2D eigenvalue weighted by Crippen LogP contribution is -2.52. The molecule has 2 aromatic rings. The van der Waals surface area contributed by atoms with Gasteiger partial charge >= 0.3 is 0 Å². The van der Waals surface area contributed by atoms with Crippen molar-refractivity contribution in [3.05, 3.63) is 59.4 Å². The van der Waals surface area contributed by atoms with Crippen molar-refractivity contribution in [2.75, 3.05) is 5.32 Å². The van der Waals surface area contributed by atoms with E-state index in [0.29, 0.717) is 18.5 Å². The molecular formula is C16H17N3O. The Kier molecular flexibility index (Phi) is 3.03. The monoisotopic (exact) mass is 267 g/mol. The molecule has 0 radical (unpaired) electrons. The standard InChI is InChI=1S/C16H17N3O/c1-11-6-7-14(10-18-11)19-15(20)16(17)8-12-4-2-3-5-13(12)9-16/h2-7,10H,8-9,17H2,1H3,(H,19,20). The zero-order chi connectivity index (χ0) is 14.2. The second kappa shape index (κ2) is 4.72. The first-order valence-electron chi connectivity index (χ1n) is 6.67. The van der Waals surface area contributed by atoms with Crippen LogP contribution >= 0.6 is 0 Å². The predicted molar refractivity (Wildman–Crippen MR) is 78.4 cm³/mol. The number of anilines is 1. The van der Waals surface area contributed by atoms with Gasteiger partial charge in [-0.25, -0.2) is 0 Å². The lowest BCUT2D eigenvalue weighted by atomic mass is 9.96. The highest BCUT2D eigenvalue weighted by atomic mass is 16.2. The summed E-state index contributed by atoms with van der Waals surface area (Å²) in [6.07, 6.45) is 2.81. The number of fused-ring (bicyclic) bond motifs is 1. The number of nitrogens with zero attached hydrogens (tertiary/aromatic N) is 1. The summed E-state index contributed by atoms with van der Waals surface area (Å²) >= 11 is 0. The van der Waals surface area contributed by atoms with Crippen LogP contribution in [-0.2, 0) is 17.6 Å². The third-order valence-corrected chi connectivity index (χ3v) is 3.75. The van der Waals surface area contributed by atoms with Crippen LogP contribution in [0.3, 0.4) is 0 Å². The van der Waals surface area contributed by atoms with E-state index in [-0.39, 0.29) is 5.91 Å². The molecule has 1 heterocycles. The van der Waals surface area contributed by atoms with E-state index in [2.05, 4.69) is 10.3 Å². The highest BCUT2D eigenvalue weighted by molar-refractivity contribution is 5.99. The van der Waals surface area contributed by atoms with Crippen LogP contribution in [0.4, 0.5) is 5.69 Å². The van der Waals surface area contributed by atoms with Gasteiger partial charge < -0.3 is 11.1 Å². The van der Waals surface area contributed by atoms with Gasteiger partial charge in [0.15, 0.2) is 0 Å². The Balaban J connectivity index is 1.77. The Morgan fingerprint density at radius 3 is 2.40 bits per heavy atom. The molecule has 3 rings (SSSR count). The molecule has 0 atom stereocenters. The number of hydrogen-bond acceptors (Lipinski definition) is 3. The third-order valence-electron chi connectivity index (χ3n) is 3.75. The van der Waals surface area contributed by atoms with Crippen LogP contribution in [0.2, 0.25) is 0 Å². The molecule has 0 spiro atoms. The Bertz CT molecular complexity index is 624. The first-order chi connectivity index (χ1) is 9.57. The molecule has 1 amide bonds. The lowest BCUT2D eigenvalue weighted by Gasteiger charge is -2.22. The van der Waals surface area contributed by atoms with E-state index in [1.165, 1.54) is 0 Å². The topological polar surface area (TPSA) is 68.0 Å². The zero-order valence-corrected chi connectivity index (χ0v) is 11.4. The molecule has 4 nitrogen and oxygen atoms in total. The molecule has 3 N–H and O–H groups in total. The number of pyridine rings is 1. The van der Waals surface area contributed by atoms with Gasteiger partial charge in [0.05, 0.1) is 11.9 Å². The summed E-state index contributed by atoms with van der Waals surface area (Å²) in [6.45, 7) is 1.91. The van der Waals surface area contributed by atoms with E-state index in [4.69, 9.17) is 5.73 Å². The summed E-state index contributed by atoms with van der Waals surface area (Å²) in [5.74, 6) is -0.153. The van der Waals surface area contributed by atoms with Crippen molar-refractivity contribution >= 4 is 11.6 Å². The van der Waals surface area contributed by atoms with Gasteiger partial charge in [-0.3, -0.25) is 9.78 Å². The number of hydrogen-bond donors (Lipinski definition) is 2. The molecule has 1 aromatic carbocycles. The Hall–Kier alpha value is -2.20. The first kappa shape index (κ1) is 12.8. The normalized spacial score (nSPS) is 15.7. The van der Waals surface area contributed by atoms with Crippen molar-refractivity contribution in [3.63, 3.8) is 0 Å². The molecule has 4 heteroatoms. The smallest absolute Gasteiger partial charge is 0.245 e. The fourth-order valence-corrected chi connectivity index (χ4v) is 2.60. The van der Waals surface area contributed by atoms with Gasteiger partial charge in [0.1, 0.15) is 5.54 Å². The summed E-state index contributed by atoms with van der Waals surface area (Å²) in [5, 5.41) is 2.86. The minimum atomic E-state index is -0.866. The molecule has 20 heavy (non-hydrogen) atoms. The minimum absolute atomic E-state index is 0.153. The van der Waals surface area contributed by atoms with Gasteiger partial charge in [0.25, 0.3) is 0 Å². The summed E-state index contributed by atoms with van der Waals surface area (Å²) in [7, 11) is 0. The highest BCUT2D eigenvalue weighted by Crippen LogP contribution is 2.29. The Morgan fingerprint density at radius 2 is 1.85 bits per heavy atom. The average molecular weight is 267 g/mol. The number of nitrogens with two attached hydrogens (primary N) is 1. The number of amides is 1. The predicted octanol–water partition coefficient (Wildman–Crippen LogP) is 1.82. The summed E-state index contributed by atoms with van der Waals surface area (Å²) in [5.41, 5.74) is 9.35. The van der Waals surface area contributed by atoms with Crippen LogP contribution in [0, 0.1) is 6.92 Å². The maximum atomic E-state index is 12.4. The molecule has 0 fully saturated rings. The number of aromatic nitrogens is 1. The summed E-state index contributed by atoms with van der Waals surface area (Å²) in [4.78, 5) is 16.6. The summed E-state index contributed by atoms with van der Waals surface area (Å²) in [6, 6.07) is 11.7. The number of benzene rings is 1. The largest absolute Gasteiger partial charge is 0.323 e. The van der Waals surface area contributed by atoms with Crippen molar-refractivity contribution in [1.82, 2.24) is 4.98 Å². The molecular weight excluding hydrogens is 250 g/mol. The van der Waals surface area contributed by atoms with E-state index in [0.717, 1.165) is 16.8 Å². The molecule has 0 bridgehead atoms. The highest BCUT2D eigenvalue weighted by Gasteiger charge is 2.40. The Labute approximate surface area is 118 Å². The van der Waals surface area contributed by atoms with Gasteiger partial charge in [-0.1, -0.05) is 24.3 Å². The van der Waals surface area contributed by atoms with Gasteiger partial charge in [-0.15, -0.1) is 0 Å². The molecule has 1 aromatic heterocycles. The van der Waals surface area contributed by atoms with E-state index in [1.807, 2.05) is 43.3 Å². The maximum absolute atomic E-state index is 12.4. The third kappa shape index (κ3) is 2.30. The van der Waals surface area contributed by atoms with E-state index >= 15 is 0 Å². The fraction of sp³-hybridized carbons (Fsp3) is 0.250. The zero-order valence-electron chi connectivity index (χ0n) is 11.4. The second-order valence-corrected chi connectivity index (χ2v) is 5.42. The number of aryl methyl sites for hydroxylation is 1. The number of nitrogens with one attached hydrogen (secondary N) is 1. The van der Waals surface area contributed by atoms with E-state index in [1.54, 1.807) is 6.20 Å². The van der Waals surface area contributed by atoms with Crippen molar-refractivity contribution in [2.45, 2.75) is 25.3 Å². The SMILES string of the molecule is Cc1ccc(NC(=O)C2(N)Cc3ccccc3C2)cn1. The van der Waals surface area contributed by atoms with Crippen LogP contribution in [0.5, 0.6) is 0 Å². The maximum Gasteiger partial charge on any atom is 0.245 e. The van der Waals surface area contributed by atoms with Crippen molar-refractivity contribution in [3.8, 4) is 0 Å². The van der Waals surface area contributed by atoms with E-state index in [9.17, 15) is 4.79 Å². The van der Waals surface area contributed by atoms with Crippen LogP contribution < -0.4 is 11.1 Å². The van der Waals surface area contributed by atoms with Crippen LogP contribution in [0.1, 0.15) is 16.8 Å². The number of carbonyl (C=O) groups is 1. The Morgan fingerprint density at radius 1 is 1.20 bits per heavy atom. The van der Waals surface area contributed by atoms with Crippen molar-refractivity contribution < 1.29 is 4.79 Å². The molecule has 1 aliphatic rings. The molecule has 0 saturated heterocycles. The summed E-state index contributed by atoms with van der Waals surface area (Å²) < 4.78 is 0. The molecule has 102 valence electrons. The molecule has 1 aliphatic carbocycles. The quantitative estimate of drug-likeness (QED) is 0.872. The first-order valence-corrected chi connectivity index (χ1v) is 6.67. The average Bonchev–Trinajstić information content (AvgIpc) is 2.79. The van der Waals surface area contributed by atoms with Crippen LogP contribution in [-0.4, -0.2) is 16.4 Å². The van der Waals surface area contributed by atoms with E-state index < -0.39 is 5.54 Å². The lowest BCUT2D eigenvalue weighted by molar-refractivity contribution is -0.120. The second-order valence-electron chi connectivity index (χ2n) is 5.42. The van der Waals surface area contributed by atoms with Crippen molar-refractivity contribution in [2.24, 2.45) is 5.73 Å². The molecule has 0 saturated carbocycles.